The number of nitrogens with one attached hydrogen (secondary N) is 1. The molecule has 1 aliphatic heterocycles. The zero-order chi connectivity index (χ0) is 20.8. The lowest BCUT2D eigenvalue weighted by molar-refractivity contribution is 0.309. The van der Waals surface area contributed by atoms with E-state index in [1.165, 1.54) is 0 Å². The van der Waals surface area contributed by atoms with Crippen LogP contribution in [0.4, 0.5) is 5.69 Å². The van der Waals surface area contributed by atoms with E-state index in [4.69, 9.17) is 14.5 Å². The highest BCUT2D eigenvalue weighted by atomic mass is 16.5. The third-order valence-electron chi connectivity index (χ3n) is 4.79. The van der Waals surface area contributed by atoms with Gasteiger partial charge in [0.25, 0.3) is 0 Å². The second-order valence-electron chi connectivity index (χ2n) is 6.88. The number of pyridine rings is 1. The Hall–Kier alpha value is -3.67. The Morgan fingerprint density at radius 3 is 2.53 bits per heavy atom. The third kappa shape index (κ3) is 4.33. The fourth-order valence-corrected chi connectivity index (χ4v) is 3.14. The summed E-state index contributed by atoms with van der Waals surface area (Å²) in [5.74, 6) is 2.25. The molecule has 0 saturated carbocycles. The van der Waals surface area contributed by atoms with Crippen LogP contribution in [0.2, 0.25) is 0 Å². The molecule has 6 nitrogen and oxygen atoms in total. The molecule has 0 amide bonds. The molecule has 3 aromatic rings. The largest absolute Gasteiger partial charge is 0.497 e. The molecular weight excluding hydrogens is 376 g/mol. The predicted molar refractivity (Wildman–Crippen MR) is 119 cm³/mol. The van der Waals surface area contributed by atoms with Crippen LogP contribution in [-0.2, 0) is 0 Å². The number of hydrogen-bond acceptors (Lipinski definition) is 6. The molecule has 0 fully saturated rings. The van der Waals surface area contributed by atoms with Crippen LogP contribution < -0.4 is 14.9 Å². The first kappa shape index (κ1) is 19.6. The second-order valence-corrected chi connectivity index (χ2v) is 6.88. The maximum absolute atomic E-state index is 5.79. The molecule has 1 aromatic heterocycles. The lowest BCUT2D eigenvalue weighted by atomic mass is 10.0. The lowest BCUT2D eigenvalue weighted by Crippen LogP contribution is -2.19. The van der Waals surface area contributed by atoms with Crippen LogP contribution in [0.3, 0.4) is 0 Å². The fraction of sp³-hybridized carbons (Fsp3) is 0.208. The Bertz CT molecular complexity index is 1060. The van der Waals surface area contributed by atoms with Gasteiger partial charge in [-0.3, -0.25) is 10.4 Å². The van der Waals surface area contributed by atoms with Gasteiger partial charge in [-0.2, -0.15) is 5.10 Å². The van der Waals surface area contributed by atoms with E-state index in [0.717, 1.165) is 59.0 Å². The second kappa shape index (κ2) is 9.22. The highest BCUT2D eigenvalue weighted by Crippen LogP contribution is 2.30. The van der Waals surface area contributed by atoms with Crippen molar-refractivity contribution >= 4 is 17.2 Å². The van der Waals surface area contributed by atoms with Gasteiger partial charge in [0.15, 0.2) is 5.84 Å². The number of aromatic nitrogens is 1. The number of ether oxygens (including phenoxy) is 2. The van der Waals surface area contributed by atoms with Crippen LogP contribution in [0.15, 0.2) is 77.1 Å². The molecular formula is C24H24N4O2. The van der Waals surface area contributed by atoms with Crippen LogP contribution in [-0.4, -0.2) is 30.2 Å². The molecule has 0 aliphatic carbocycles. The van der Waals surface area contributed by atoms with E-state index in [-0.39, 0.29) is 0 Å². The van der Waals surface area contributed by atoms with Gasteiger partial charge in [-0.05, 0) is 61.0 Å². The van der Waals surface area contributed by atoms with Crippen molar-refractivity contribution in [2.45, 2.75) is 19.8 Å². The highest BCUT2D eigenvalue weighted by molar-refractivity contribution is 6.18. The molecule has 6 heteroatoms. The predicted octanol–water partition coefficient (Wildman–Crippen LogP) is 4.70. The minimum atomic E-state index is 0.643. The minimum absolute atomic E-state index is 0.643. The number of hydrogen-bond donors (Lipinski definition) is 1. The molecule has 0 atom stereocenters. The van der Waals surface area contributed by atoms with Gasteiger partial charge in [0.2, 0.25) is 0 Å². The van der Waals surface area contributed by atoms with Crippen molar-refractivity contribution in [2.24, 2.45) is 10.1 Å². The van der Waals surface area contributed by atoms with Crippen LogP contribution in [0.5, 0.6) is 11.5 Å². The summed E-state index contributed by atoms with van der Waals surface area (Å²) in [5, 5.41) is 4.68. The normalized spacial score (nSPS) is 12.7. The number of amidine groups is 1. The summed E-state index contributed by atoms with van der Waals surface area (Å²) in [5.41, 5.74) is 7.42. The number of nitrogens with zero attached hydrogens (tertiary/aromatic N) is 3. The summed E-state index contributed by atoms with van der Waals surface area (Å²) >= 11 is 0. The van der Waals surface area contributed by atoms with E-state index in [2.05, 4.69) is 22.4 Å². The molecule has 2 heterocycles. The molecule has 0 saturated heterocycles. The zero-order valence-corrected chi connectivity index (χ0v) is 17.1. The van der Waals surface area contributed by atoms with Crippen LogP contribution in [0.25, 0.3) is 0 Å². The number of benzene rings is 2. The summed E-state index contributed by atoms with van der Waals surface area (Å²) in [6.45, 7) is 2.87. The van der Waals surface area contributed by atoms with Gasteiger partial charge in [0, 0.05) is 29.1 Å². The summed E-state index contributed by atoms with van der Waals surface area (Å²) in [6, 6.07) is 17.6. The average molecular weight is 400 g/mol. The molecule has 0 bridgehead atoms. The summed E-state index contributed by atoms with van der Waals surface area (Å²) in [7, 11) is 1.65. The van der Waals surface area contributed by atoms with E-state index >= 15 is 0 Å². The highest BCUT2D eigenvalue weighted by Gasteiger charge is 2.18. The van der Waals surface area contributed by atoms with Gasteiger partial charge in [-0.15, -0.1) is 0 Å². The van der Waals surface area contributed by atoms with Gasteiger partial charge in [0.1, 0.15) is 17.2 Å². The van der Waals surface area contributed by atoms with Crippen molar-refractivity contribution in [3.8, 4) is 11.5 Å². The summed E-state index contributed by atoms with van der Waals surface area (Å²) in [4.78, 5) is 8.99. The summed E-state index contributed by atoms with van der Waals surface area (Å²) in [6.07, 6.45) is 5.65. The van der Waals surface area contributed by atoms with Crippen molar-refractivity contribution in [3.05, 3.63) is 83.7 Å². The number of fused-ring (bicyclic) bond motifs is 1. The topological polar surface area (TPSA) is 68.1 Å². The smallest absolute Gasteiger partial charge is 0.155 e. The number of hydrazone groups is 1. The van der Waals surface area contributed by atoms with Gasteiger partial charge in [-0.25, -0.2) is 4.99 Å². The monoisotopic (exact) mass is 400 g/mol. The van der Waals surface area contributed by atoms with Crippen molar-refractivity contribution < 1.29 is 9.47 Å². The minimum Gasteiger partial charge on any atom is -0.497 e. The first-order chi connectivity index (χ1) is 14.8. The molecule has 1 N–H and O–H groups in total. The van der Waals surface area contributed by atoms with Gasteiger partial charge in [-0.1, -0.05) is 13.3 Å². The molecule has 152 valence electrons. The van der Waals surface area contributed by atoms with E-state index < -0.39 is 0 Å². The Balaban J connectivity index is 1.71. The quantitative estimate of drug-likeness (QED) is 0.584. The lowest BCUT2D eigenvalue weighted by Gasteiger charge is -2.11. The Kier molecular flexibility index (Phi) is 6.03. The maximum Gasteiger partial charge on any atom is 0.155 e. The molecule has 1 aliphatic rings. The van der Waals surface area contributed by atoms with Crippen molar-refractivity contribution in [1.29, 1.82) is 0 Å². The third-order valence-corrected chi connectivity index (χ3v) is 4.79. The van der Waals surface area contributed by atoms with Crippen molar-refractivity contribution in [3.63, 3.8) is 0 Å². The molecule has 2 aromatic carbocycles. The van der Waals surface area contributed by atoms with Crippen LogP contribution >= 0.6 is 0 Å². The zero-order valence-electron chi connectivity index (χ0n) is 17.1. The number of aliphatic imine (C=N–C) groups is 1. The number of rotatable bonds is 7. The van der Waals surface area contributed by atoms with E-state index in [1.807, 2.05) is 54.6 Å². The maximum atomic E-state index is 5.79. The first-order valence-corrected chi connectivity index (χ1v) is 10.0. The molecule has 4 rings (SSSR count). The van der Waals surface area contributed by atoms with Crippen LogP contribution in [0.1, 0.15) is 36.5 Å². The molecule has 30 heavy (non-hydrogen) atoms. The Morgan fingerprint density at radius 1 is 0.967 bits per heavy atom. The molecule has 0 radical (unpaired) electrons. The van der Waals surface area contributed by atoms with E-state index in [0.29, 0.717) is 5.84 Å². The van der Waals surface area contributed by atoms with Crippen molar-refractivity contribution in [2.75, 3.05) is 13.7 Å². The van der Waals surface area contributed by atoms with Gasteiger partial charge >= 0.3 is 0 Å². The average Bonchev–Trinajstić information content (AvgIpc) is 2.99. The standard InChI is InChI=1S/C24H24N4O2/c1-3-4-14-30-19-9-7-17(8-10-19)23-21-15-20(29-2)11-12-22(21)26-24(28-27-23)18-6-5-13-25-16-18/h5-13,15-16H,3-4,14H2,1-2H3,(H,26,28). The Labute approximate surface area is 176 Å². The van der Waals surface area contributed by atoms with Gasteiger partial charge in [0.05, 0.1) is 19.4 Å². The van der Waals surface area contributed by atoms with E-state index in [9.17, 15) is 0 Å². The van der Waals surface area contributed by atoms with Crippen LogP contribution in [0, 0.1) is 0 Å². The van der Waals surface area contributed by atoms with Gasteiger partial charge < -0.3 is 9.47 Å². The van der Waals surface area contributed by atoms with Crippen molar-refractivity contribution in [1.82, 2.24) is 10.4 Å². The number of unbranched alkanes of at least 4 members (excludes halogenated alkanes) is 1. The number of methoxy groups -OCH3 is 1. The fourth-order valence-electron chi connectivity index (χ4n) is 3.14. The van der Waals surface area contributed by atoms with E-state index in [1.54, 1.807) is 19.5 Å². The molecule has 0 unspecified atom stereocenters. The molecule has 0 spiro atoms. The first-order valence-electron chi connectivity index (χ1n) is 10.0. The SMILES string of the molecule is CCCCOc1ccc(C2=NNC(c3cccnc3)=Nc3ccc(OC)cc32)cc1. The Morgan fingerprint density at radius 2 is 1.80 bits per heavy atom. The summed E-state index contributed by atoms with van der Waals surface area (Å²) < 4.78 is 11.2.